The highest BCUT2D eigenvalue weighted by Gasteiger charge is 2.22. The molecular formula is C16H21N3S. The minimum atomic E-state index is 0.131. The van der Waals surface area contributed by atoms with E-state index in [1.54, 1.807) is 11.3 Å². The zero-order chi connectivity index (χ0) is 14.3. The van der Waals surface area contributed by atoms with Gasteiger partial charge in [-0.15, -0.1) is 11.3 Å². The summed E-state index contributed by atoms with van der Waals surface area (Å²) in [4.78, 5) is 7.19. The molecule has 0 atom stereocenters. The average molecular weight is 287 g/mol. The molecule has 2 heterocycles. The van der Waals surface area contributed by atoms with E-state index in [0.717, 1.165) is 25.2 Å². The molecule has 20 heavy (non-hydrogen) atoms. The molecule has 0 fully saturated rings. The Kier molecular flexibility index (Phi) is 3.21. The lowest BCUT2D eigenvalue weighted by molar-refractivity contribution is 0.570. The summed E-state index contributed by atoms with van der Waals surface area (Å²) in [5.74, 6) is 0. The van der Waals surface area contributed by atoms with Crippen LogP contribution in [0.5, 0.6) is 0 Å². The van der Waals surface area contributed by atoms with Crippen molar-refractivity contribution in [3.05, 3.63) is 39.8 Å². The van der Waals surface area contributed by atoms with E-state index in [2.05, 4.69) is 43.2 Å². The standard InChI is InChI=1S/C16H21N3S/c1-16(2,3)14-10-20-15(18-14)9-19-7-6-11-8-12(17)4-5-13(11)19/h4-5,8,10H,6-7,9,17H2,1-3H3. The molecule has 1 aliphatic rings. The molecule has 1 aromatic carbocycles. The van der Waals surface area contributed by atoms with Gasteiger partial charge in [0, 0.05) is 28.7 Å². The molecule has 1 aromatic heterocycles. The van der Waals surface area contributed by atoms with E-state index < -0.39 is 0 Å². The Bertz CT molecular complexity index is 625. The molecule has 0 unspecified atom stereocenters. The van der Waals surface area contributed by atoms with Gasteiger partial charge in [-0.05, 0) is 30.2 Å². The number of benzene rings is 1. The molecule has 4 heteroatoms. The predicted octanol–water partition coefficient (Wildman–Crippen LogP) is 3.59. The molecule has 2 N–H and O–H groups in total. The second-order valence-electron chi connectivity index (χ2n) is 6.44. The fourth-order valence-electron chi connectivity index (χ4n) is 2.55. The Morgan fingerprint density at radius 1 is 1.35 bits per heavy atom. The van der Waals surface area contributed by atoms with Crippen molar-refractivity contribution in [3.8, 4) is 0 Å². The van der Waals surface area contributed by atoms with E-state index in [4.69, 9.17) is 10.7 Å². The second-order valence-corrected chi connectivity index (χ2v) is 7.38. The lowest BCUT2D eigenvalue weighted by atomic mass is 9.93. The molecule has 0 bridgehead atoms. The number of rotatable bonds is 2. The fraction of sp³-hybridized carbons (Fsp3) is 0.438. The Morgan fingerprint density at radius 2 is 2.15 bits per heavy atom. The molecule has 0 saturated carbocycles. The monoisotopic (exact) mass is 287 g/mol. The third kappa shape index (κ3) is 2.52. The number of fused-ring (bicyclic) bond motifs is 1. The van der Waals surface area contributed by atoms with E-state index in [1.807, 2.05) is 6.07 Å². The summed E-state index contributed by atoms with van der Waals surface area (Å²) in [6.45, 7) is 8.58. The van der Waals surface area contributed by atoms with Gasteiger partial charge in [-0.1, -0.05) is 20.8 Å². The van der Waals surface area contributed by atoms with Gasteiger partial charge in [0.1, 0.15) is 5.01 Å². The zero-order valence-electron chi connectivity index (χ0n) is 12.3. The lowest BCUT2D eigenvalue weighted by Crippen LogP contribution is -2.20. The molecule has 3 rings (SSSR count). The van der Waals surface area contributed by atoms with Crippen molar-refractivity contribution in [3.63, 3.8) is 0 Å². The molecule has 0 aliphatic carbocycles. The van der Waals surface area contributed by atoms with Gasteiger partial charge in [0.05, 0.1) is 12.2 Å². The topological polar surface area (TPSA) is 42.1 Å². The van der Waals surface area contributed by atoms with Gasteiger partial charge >= 0.3 is 0 Å². The number of hydrogen-bond acceptors (Lipinski definition) is 4. The normalized spacial score (nSPS) is 14.7. The SMILES string of the molecule is CC(C)(C)c1csc(CN2CCc3cc(N)ccc32)n1. The molecule has 0 spiro atoms. The Balaban J connectivity index is 1.79. The first-order valence-corrected chi connectivity index (χ1v) is 7.90. The molecule has 106 valence electrons. The van der Waals surface area contributed by atoms with Gasteiger partial charge in [0.15, 0.2) is 0 Å². The third-order valence-corrected chi connectivity index (χ3v) is 4.58. The quantitative estimate of drug-likeness (QED) is 0.858. The number of aromatic nitrogens is 1. The molecule has 2 aromatic rings. The molecular weight excluding hydrogens is 266 g/mol. The lowest BCUT2D eigenvalue weighted by Gasteiger charge is -2.18. The van der Waals surface area contributed by atoms with Crippen LogP contribution in [-0.4, -0.2) is 11.5 Å². The van der Waals surface area contributed by atoms with Crippen LogP contribution in [0.4, 0.5) is 11.4 Å². The van der Waals surface area contributed by atoms with Gasteiger partial charge in [0.2, 0.25) is 0 Å². The highest BCUT2D eigenvalue weighted by molar-refractivity contribution is 7.09. The van der Waals surface area contributed by atoms with Crippen molar-refractivity contribution in [2.75, 3.05) is 17.2 Å². The van der Waals surface area contributed by atoms with Crippen LogP contribution in [0.25, 0.3) is 0 Å². The van der Waals surface area contributed by atoms with Crippen molar-refractivity contribution in [2.45, 2.75) is 39.2 Å². The first-order valence-electron chi connectivity index (χ1n) is 7.02. The number of nitrogen functional groups attached to an aromatic ring is 1. The Labute approximate surface area is 124 Å². The minimum absolute atomic E-state index is 0.131. The molecule has 0 amide bonds. The van der Waals surface area contributed by atoms with Crippen LogP contribution in [-0.2, 0) is 18.4 Å². The minimum Gasteiger partial charge on any atom is -0.399 e. The maximum atomic E-state index is 5.85. The second kappa shape index (κ2) is 4.77. The smallest absolute Gasteiger partial charge is 0.112 e. The highest BCUT2D eigenvalue weighted by Crippen LogP contribution is 2.32. The summed E-state index contributed by atoms with van der Waals surface area (Å²) < 4.78 is 0. The highest BCUT2D eigenvalue weighted by atomic mass is 32.1. The van der Waals surface area contributed by atoms with Crippen LogP contribution in [0.1, 0.15) is 37.0 Å². The van der Waals surface area contributed by atoms with Crippen LogP contribution in [0.2, 0.25) is 0 Å². The first-order chi connectivity index (χ1) is 9.43. The van der Waals surface area contributed by atoms with Crippen molar-refractivity contribution in [1.29, 1.82) is 0 Å². The van der Waals surface area contributed by atoms with Crippen LogP contribution in [0.15, 0.2) is 23.6 Å². The fourth-order valence-corrected chi connectivity index (χ4v) is 3.58. The Hall–Kier alpha value is -1.55. The Morgan fingerprint density at radius 3 is 2.85 bits per heavy atom. The van der Waals surface area contributed by atoms with E-state index in [0.29, 0.717) is 0 Å². The summed E-state index contributed by atoms with van der Waals surface area (Å²) in [5, 5.41) is 3.38. The largest absolute Gasteiger partial charge is 0.399 e. The number of thiazole rings is 1. The number of anilines is 2. The van der Waals surface area contributed by atoms with E-state index in [1.165, 1.54) is 22.0 Å². The molecule has 3 nitrogen and oxygen atoms in total. The van der Waals surface area contributed by atoms with Crippen molar-refractivity contribution < 1.29 is 0 Å². The number of hydrogen-bond donors (Lipinski definition) is 1. The molecule has 0 radical (unpaired) electrons. The van der Waals surface area contributed by atoms with Gasteiger partial charge in [-0.3, -0.25) is 0 Å². The van der Waals surface area contributed by atoms with Crippen LogP contribution in [0.3, 0.4) is 0 Å². The average Bonchev–Trinajstić information content (AvgIpc) is 2.96. The maximum Gasteiger partial charge on any atom is 0.112 e. The van der Waals surface area contributed by atoms with Crippen LogP contribution >= 0.6 is 11.3 Å². The van der Waals surface area contributed by atoms with Gasteiger partial charge < -0.3 is 10.6 Å². The van der Waals surface area contributed by atoms with E-state index in [-0.39, 0.29) is 5.41 Å². The summed E-state index contributed by atoms with van der Waals surface area (Å²) >= 11 is 1.76. The van der Waals surface area contributed by atoms with Gasteiger partial charge in [-0.25, -0.2) is 4.98 Å². The van der Waals surface area contributed by atoms with Crippen LogP contribution < -0.4 is 10.6 Å². The number of nitrogens with zero attached hydrogens (tertiary/aromatic N) is 2. The predicted molar refractivity (Wildman–Crippen MR) is 86.4 cm³/mol. The summed E-state index contributed by atoms with van der Waals surface area (Å²) in [6, 6.07) is 6.22. The van der Waals surface area contributed by atoms with Gasteiger partial charge in [0.25, 0.3) is 0 Å². The van der Waals surface area contributed by atoms with Crippen molar-refractivity contribution >= 4 is 22.7 Å². The van der Waals surface area contributed by atoms with Gasteiger partial charge in [-0.2, -0.15) is 0 Å². The van der Waals surface area contributed by atoms with Crippen molar-refractivity contribution in [1.82, 2.24) is 4.98 Å². The summed E-state index contributed by atoms with van der Waals surface area (Å²) in [7, 11) is 0. The van der Waals surface area contributed by atoms with E-state index >= 15 is 0 Å². The first kappa shape index (κ1) is 13.4. The molecule has 0 saturated heterocycles. The molecule has 1 aliphatic heterocycles. The zero-order valence-corrected chi connectivity index (χ0v) is 13.1. The third-order valence-electron chi connectivity index (χ3n) is 3.74. The van der Waals surface area contributed by atoms with Crippen molar-refractivity contribution in [2.24, 2.45) is 0 Å². The summed E-state index contributed by atoms with van der Waals surface area (Å²) in [6.07, 6.45) is 1.08. The maximum absolute atomic E-state index is 5.85. The number of nitrogens with two attached hydrogens (primary N) is 1. The summed E-state index contributed by atoms with van der Waals surface area (Å²) in [5.41, 5.74) is 10.7. The van der Waals surface area contributed by atoms with Crippen LogP contribution in [0, 0.1) is 0 Å². The van der Waals surface area contributed by atoms with E-state index in [9.17, 15) is 0 Å².